The van der Waals surface area contributed by atoms with Gasteiger partial charge < -0.3 is 5.11 Å². The Morgan fingerprint density at radius 3 is 1.40 bits per heavy atom. The zero-order valence-corrected chi connectivity index (χ0v) is 4.55. The molecular formula is C4H3F3O3. The molecule has 0 fully saturated rings. The van der Waals surface area contributed by atoms with Crippen LogP contribution in [0.15, 0.2) is 0 Å². The number of halogens is 3. The summed E-state index contributed by atoms with van der Waals surface area (Å²) in [7, 11) is 0. The summed E-state index contributed by atoms with van der Waals surface area (Å²) in [4.78, 5) is 19.0. The van der Waals surface area contributed by atoms with Crippen LogP contribution < -0.4 is 0 Å². The van der Waals surface area contributed by atoms with Crippen molar-refractivity contribution in [2.75, 3.05) is 0 Å². The van der Waals surface area contributed by atoms with E-state index in [2.05, 4.69) is 0 Å². The van der Waals surface area contributed by atoms with Crippen molar-refractivity contribution in [3.05, 3.63) is 0 Å². The van der Waals surface area contributed by atoms with E-state index in [0.29, 0.717) is 0 Å². The second-order valence-corrected chi connectivity index (χ2v) is 1.56. The van der Waals surface area contributed by atoms with Crippen molar-refractivity contribution in [2.45, 2.75) is 11.8 Å². The van der Waals surface area contributed by atoms with Gasteiger partial charge in [0.05, 0.1) is 0 Å². The number of hydrogen-bond acceptors (Lipinski definition) is 3. The number of carbonyl (C=O) groups is 2. The fourth-order valence-corrected chi connectivity index (χ4v) is 0.161. The first-order chi connectivity index (χ1) is 4.37. The van der Waals surface area contributed by atoms with Crippen molar-refractivity contribution >= 4 is 12.6 Å². The molecule has 0 amide bonds. The van der Waals surface area contributed by atoms with Crippen LogP contribution in [0.5, 0.6) is 0 Å². The van der Waals surface area contributed by atoms with Crippen LogP contribution in [0, 0.1) is 0 Å². The molecule has 6 heteroatoms. The molecule has 0 aromatic rings. The first kappa shape index (κ1) is 9.09. The molecule has 1 N–H and O–H groups in total. The quantitative estimate of drug-likeness (QED) is 0.440. The molecular weight excluding hydrogens is 153 g/mol. The van der Waals surface area contributed by atoms with E-state index < -0.39 is 24.3 Å². The molecule has 0 saturated heterocycles. The van der Waals surface area contributed by atoms with Gasteiger partial charge in [-0.25, -0.2) is 0 Å². The Kier molecular flexibility index (Phi) is 2.16. The minimum Gasteiger partial charge on any atom is -0.368 e. The molecule has 0 aliphatic heterocycles. The summed E-state index contributed by atoms with van der Waals surface area (Å²) in [6, 6.07) is 0. The molecule has 0 aliphatic rings. The Morgan fingerprint density at radius 1 is 1.10 bits per heavy atom. The zero-order valence-electron chi connectivity index (χ0n) is 4.55. The third kappa shape index (κ3) is 1.32. The Bertz CT molecular complexity index is 142. The number of aliphatic hydroxyl groups is 1. The standard InChI is InChI=1S/C4H3F3O3/c5-4(6,7)3(10,1-8)2-9/h1-2,10H. The summed E-state index contributed by atoms with van der Waals surface area (Å²) in [5.74, 6) is 0. The second kappa shape index (κ2) is 2.37. The van der Waals surface area contributed by atoms with Crippen molar-refractivity contribution < 1.29 is 27.9 Å². The Hall–Kier alpha value is -0.910. The molecule has 58 valence electrons. The summed E-state index contributed by atoms with van der Waals surface area (Å²) < 4.78 is 34.2. The number of aldehydes is 2. The van der Waals surface area contributed by atoms with Crippen LogP contribution >= 0.6 is 0 Å². The van der Waals surface area contributed by atoms with Gasteiger partial charge in [-0.1, -0.05) is 0 Å². The first-order valence-electron chi connectivity index (χ1n) is 2.09. The van der Waals surface area contributed by atoms with Gasteiger partial charge >= 0.3 is 6.18 Å². The minimum atomic E-state index is -5.23. The second-order valence-electron chi connectivity index (χ2n) is 1.56. The van der Waals surface area contributed by atoms with E-state index in [1.165, 1.54) is 0 Å². The maximum absolute atomic E-state index is 11.4. The summed E-state index contributed by atoms with van der Waals surface area (Å²) in [5, 5.41) is 8.10. The molecule has 0 heterocycles. The van der Waals surface area contributed by atoms with Crippen molar-refractivity contribution in [1.82, 2.24) is 0 Å². The fraction of sp³-hybridized carbons (Fsp3) is 0.500. The molecule has 10 heavy (non-hydrogen) atoms. The highest BCUT2D eigenvalue weighted by Crippen LogP contribution is 2.26. The van der Waals surface area contributed by atoms with E-state index in [0.717, 1.165) is 0 Å². The largest absolute Gasteiger partial charge is 0.431 e. The van der Waals surface area contributed by atoms with Gasteiger partial charge in [-0.2, -0.15) is 13.2 Å². The minimum absolute atomic E-state index is 0.861. The van der Waals surface area contributed by atoms with Crippen LogP contribution in [0.4, 0.5) is 13.2 Å². The van der Waals surface area contributed by atoms with Crippen molar-refractivity contribution in [2.24, 2.45) is 0 Å². The maximum Gasteiger partial charge on any atom is 0.431 e. The van der Waals surface area contributed by atoms with Crippen LogP contribution in [-0.4, -0.2) is 29.5 Å². The van der Waals surface area contributed by atoms with Crippen LogP contribution in [0.25, 0.3) is 0 Å². The summed E-state index contributed by atoms with van der Waals surface area (Å²) in [5.41, 5.74) is -3.84. The monoisotopic (exact) mass is 156 g/mol. The molecule has 0 rings (SSSR count). The molecule has 3 nitrogen and oxygen atoms in total. The number of rotatable bonds is 2. The number of hydrogen-bond donors (Lipinski definition) is 1. The lowest BCUT2D eigenvalue weighted by molar-refractivity contribution is -0.232. The van der Waals surface area contributed by atoms with Crippen LogP contribution in [-0.2, 0) is 9.59 Å². The van der Waals surface area contributed by atoms with Crippen LogP contribution in [0.1, 0.15) is 0 Å². The fourth-order valence-electron chi connectivity index (χ4n) is 0.161. The van der Waals surface area contributed by atoms with Gasteiger partial charge in [0, 0.05) is 0 Å². The van der Waals surface area contributed by atoms with E-state index in [-0.39, 0.29) is 0 Å². The number of alkyl halides is 3. The Balaban J connectivity index is 4.65. The van der Waals surface area contributed by atoms with Crippen molar-refractivity contribution in [3.63, 3.8) is 0 Å². The normalized spacial score (nSPS) is 12.8. The van der Waals surface area contributed by atoms with Gasteiger partial charge in [0.25, 0.3) is 5.60 Å². The highest BCUT2D eigenvalue weighted by molar-refractivity contribution is 5.88. The average molecular weight is 156 g/mol. The van der Waals surface area contributed by atoms with Crippen LogP contribution in [0.3, 0.4) is 0 Å². The highest BCUT2D eigenvalue weighted by atomic mass is 19.4. The molecule has 0 aromatic carbocycles. The average Bonchev–Trinajstić information content (AvgIpc) is 1.84. The van der Waals surface area contributed by atoms with Gasteiger partial charge in [-0.05, 0) is 0 Å². The predicted octanol–water partition coefficient (Wildman–Crippen LogP) is -0.322. The lowest BCUT2D eigenvalue weighted by atomic mass is 10.1. The Morgan fingerprint density at radius 2 is 1.40 bits per heavy atom. The van der Waals surface area contributed by atoms with Gasteiger partial charge in [0.15, 0.2) is 12.6 Å². The van der Waals surface area contributed by atoms with Gasteiger partial charge in [-0.15, -0.1) is 0 Å². The number of carbonyl (C=O) groups excluding carboxylic acids is 2. The highest BCUT2D eigenvalue weighted by Gasteiger charge is 2.54. The van der Waals surface area contributed by atoms with E-state index in [1.807, 2.05) is 0 Å². The summed E-state index contributed by atoms with van der Waals surface area (Å²) >= 11 is 0. The molecule has 0 atom stereocenters. The smallest absolute Gasteiger partial charge is 0.368 e. The summed E-state index contributed by atoms with van der Waals surface area (Å²) in [6.45, 7) is 0. The van der Waals surface area contributed by atoms with Gasteiger partial charge in [0.2, 0.25) is 0 Å². The molecule has 0 spiro atoms. The molecule has 0 bridgehead atoms. The lowest BCUT2D eigenvalue weighted by Crippen LogP contribution is -2.48. The van der Waals surface area contributed by atoms with E-state index >= 15 is 0 Å². The molecule has 0 unspecified atom stereocenters. The van der Waals surface area contributed by atoms with Crippen molar-refractivity contribution in [1.29, 1.82) is 0 Å². The van der Waals surface area contributed by atoms with E-state index in [1.54, 1.807) is 0 Å². The van der Waals surface area contributed by atoms with Crippen LogP contribution in [0.2, 0.25) is 0 Å². The summed E-state index contributed by atoms with van der Waals surface area (Å²) in [6.07, 6.45) is -6.95. The predicted molar refractivity (Wildman–Crippen MR) is 23.1 cm³/mol. The topological polar surface area (TPSA) is 54.4 Å². The molecule has 0 aliphatic carbocycles. The third-order valence-corrected chi connectivity index (χ3v) is 0.813. The molecule has 0 aromatic heterocycles. The van der Waals surface area contributed by atoms with E-state index in [4.69, 9.17) is 5.11 Å². The first-order valence-corrected chi connectivity index (χ1v) is 2.09. The third-order valence-electron chi connectivity index (χ3n) is 0.813. The lowest BCUT2D eigenvalue weighted by Gasteiger charge is -2.16. The van der Waals surface area contributed by atoms with Gasteiger partial charge in [-0.3, -0.25) is 9.59 Å². The maximum atomic E-state index is 11.4. The molecule has 0 radical (unpaired) electrons. The van der Waals surface area contributed by atoms with Crippen molar-refractivity contribution in [3.8, 4) is 0 Å². The van der Waals surface area contributed by atoms with E-state index in [9.17, 15) is 22.8 Å². The Labute approximate surface area is 53.4 Å². The zero-order chi connectivity index (χ0) is 8.41. The SMILES string of the molecule is O=CC(O)(C=O)C(F)(F)F. The van der Waals surface area contributed by atoms with Gasteiger partial charge in [0.1, 0.15) is 0 Å². The molecule has 0 saturated carbocycles.